The number of nitrogens with one attached hydrogen (secondary N) is 2. The fourth-order valence-corrected chi connectivity index (χ4v) is 2.35. The number of aromatic amines is 2. The molecule has 118 valence electrons. The van der Waals surface area contributed by atoms with Crippen LogP contribution in [-0.4, -0.2) is 9.97 Å². The van der Waals surface area contributed by atoms with Gasteiger partial charge in [0.1, 0.15) is 0 Å². The Morgan fingerprint density at radius 3 is 2.52 bits per heavy atom. The Hall–Kier alpha value is -2.81. The number of pyridine rings is 1. The minimum Gasteiger partial charge on any atom is -0.358 e. The van der Waals surface area contributed by atoms with Gasteiger partial charge in [0.25, 0.3) is 5.56 Å². The van der Waals surface area contributed by atoms with Crippen LogP contribution in [0.1, 0.15) is 29.4 Å². The highest BCUT2D eigenvalue weighted by molar-refractivity contribution is 5.68. The number of hydrogen-bond donors (Lipinski definition) is 2. The van der Waals surface area contributed by atoms with Gasteiger partial charge in [-0.1, -0.05) is 43.0 Å². The van der Waals surface area contributed by atoms with Crippen LogP contribution in [0, 0.1) is 13.8 Å². The molecular weight excluding hydrogens is 284 g/mol. The molecule has 0 fully saturated rings. The fourth-order valence-electron chi connectivity index (χ4n) is 2.35. The first-order valence-corrected chi connectivity index (χ1v) is 7.59. The van der Waals surface area contributed by atoms with E-state index in [0.717, 1.165) is 28.2 Å². The second-order valence-corrected chi connectivity index (χ2v) is 5.35. The number of rotatable bonds is 5. The van der Waals surface area contributed by atoms with Crippen LogP contribution < -0.4 is 5.56 Å². The van der Waals surface area contributed by atoms with Crippen LogP contribution in [0.5, 0.6) is 0 Å². The van der Waals surface area contributed by atoms with Gasteiger partial charge in [-0.3, -0.25) is 4.79 Å². The lowest BCUT2D eigenvalue weighted by Gasteiger charge is -2.04. The smallest absolute Gasteiger partial charge is 0.257 e. The van der Waals surface area contributed by atoms with Crippen LogP contribution in [0.2, 0.25) is 0 Å². The summed E-state index contributed by atoms with van der Waals surface area (Å²) in [7, 11) is 0. The maximum absolute atomic E-state index is 12.4. The Morgan fingerprint density at radius 2 is 1.83 bits per heavy atom. The van der Waals surface area contributed by atoms with E-state index in [4.69, 9.17) is 0 Å². The van der Waals surface area contributed by atoms with Gasteiger partial charge in [0, 0.05) is 11.4 Å². The number of aryl methyl sites for hydroxylation is 2. The Labute approximate surface area is 136 Å². The fraction of sp³-hybridized carbons (Fsp3) is 0.150. The molecule has 0 bridgehead atoms. The molecule has 3 heteroatoms. The van der Waals surface area contributed by atoms with Crippen LogP contribution in [0.4, 0.5) is 0 Å². The van der Waals surface area contributed by atoms with E-state index in [9.17, 15) is 4.79 Å². The molecule has 2 aromatic heterocycles. The zero-order valence-electron chi connectivity index (χ0n) is 13.8. The van der Waals surface area contributed by atoms with Crippen LogP contribution >= 0.6 is 0 Å². The molecule has 0 unspecified atom stereocenters. The zero-order chi connectivity index (χ0) is 16.8. The minimum atomic E-state index is -0.101. The van der Waals surface area contributed by atoms with Gasteiger partial charge in [-0.05, 0) is 50.1 Å². The first-order chi connectivity index (χ1) is 11.1. The van der Waals surface area contributed by atoms with E-state index >= 15 is 0 Å². The predicted octanol–water partition coefficient (Wildman–Crippen LogP) is 4.78. The van der Waals surface area contributed by atoms with Gasteiger partial charge >= 0.3 is 0 Å². The molecule has 2 heterocycles. The van der Waals surface area contributed by atoms with E-state index in [1.807, 2.05) is 69.4 Å². The summed E-state index contributed by atoms with van der Waals surface area (Å²) in [5, 5.41) is 0. The van der Waals surface area contributed by atoms with Gasteiger partial charge in [0.2, 0.25) is 0 Å². The highest BCUT2D eigenvalue weighted by Crippen LogP contribution is 2.21. The van der Waals surface area contributed by atoms with Gasteiger partial charge in [-0.15, -0.1) is 0 Å². The van der Waals surface area contributed by atoms with Crippen molar-refractivity contribution in [2.45, 2.75) is 20.8 Å². The van der Waals surface area contributed by atoms with E-state index in [-0.39, 0.29) is 5.56 Å². The Balaban J connectivity index is 2.45. The summed E-state index contributed by atoms with van der Waals surface area (Å²) in [5.41, 5.74) is 5.28. The van der Waals surface area contributed by atoms with Gasteiger partial charge < -0.3 is 9.97 Å². The van der Waals surface area contributed by atoms with Crippen molar-refractivity contribution in [2.24, 2.45) is 0 Å². The molecule has 0 saturated heterocycles. The third kappa shape index (κ3) is 3.89. The number of allylic oxidation sites excluding steroid dienone is 5. The Morgan fingerprint density at radius 1 is 1.04 bits per heavy atom. The van der Waals surface area contributed by atoms with E-state index < -0.39 is 0 Å². The summed E-state index contributed by atoms with van der Waals surface area (Å²) in [6, 6.07) is 3.90. The van der Waals surface area contributed by atoms with Crippen LogP contribution in [-0.2, 0) is 0 Å². The monoisotopic (exact) mass is 306 g/mol. The highest BCUT2D eigenvalue weighted by atomic mass is 16.1. The molecular formula is C20H22N2O. The first-order valence-electron chi connectivity index (χ1n) is 7.59. The van der Waals surface area contributed by atoms with Crippen molar-refractivity contribution in [1.29, 1.82) is 0 Å². The molecule has 0 amide bonds. The molecule has 0 aliphatic heterocycles. The normalized spacial score (nSPS) is 12.0. The summed E-state index contributed by atoms with van der Waals surface area (Å²) in [4.78, 5) is 18.6. The summed E-state index contributed by atoms with van der Waals surface area (Å²) in [6.45, 7) is 9.60. The van der Waals surface area contributed by atoms with Gasteiger partial charge in [0.15, 0.2) is 0 Å². The molecule has 0 aliphatic carbocycles. The standard InChI is InChI=1S/C20H22N2O/c1-5-7-9-11-18-14(3)12-17(20(23)22-18)19-13-16(10-8-6-2)15(4)21-19/h5-13,21H,2H2,1,3-4H3,(H,22,23)/b7-5-,10-8-,11-9-. The van der Waals surface area contributed by atoms with E-state index in [0.29, 0.717) is 5.56 Å². The highest BCUT2D eigenvalue weighted by Gasteiger charge is 2.10. The molecule has 0 aromatic carbocycles. The number of hydrogen-bond acceptors (Lipinski definition) is 1. The molecule has 0 radical (unpaired) electrons. The maximum atomic E-state index is 12.4. The average molecular weight is 306 g/mol. The van der Waals surface area contributed by atoms with Crippen LogP contribution in [0.3, 0.4) is 0 Å². The Kier molecular flexibility index (Phi) is 5.36. The Bertz CT molecular complexity index is 845. The summed E-state index contributed by atoms with van der Waals surface area (Å²) < 4.78 is 0. The first kappa shape index (κ1) is 16.6. The van der Waals surface area contributed by atoms with Crippen molar-refractivity contribution in [3.8, 4) is 11.3 Å². The predicted molar refractivity (Wildman–Crippen MR) is 99.4 cm³/mol. The molecule has 2 rings (SSSR count). The van der Waals surface area contributed by atoms with Gasteiger partial charge in [-0.25, -0.2) is 0 Å². The second kappa shape index (κ2) is 7.45. The van der Waals surface area contributed by atoms with Crippen molar-refractivity contribution >= 4 is 12.2 Å². The van der Waals surface area contributed by atoms with E-state index in [1.54, 1.807) is 6.08 Å². The van der Waals surface area contributed by atoms with Crippen molar-refractivity contribution < 1.29 is 0 Å². The quantitative estimate of drug-likeness (QED) is 0.768. The molecule has 0 aliphatic rings. The average Bonchev–Trinajstić information content (AvgIpc) is 2.89. The third-order valence-corrected chi connectivity index (χ3v) is 3.60. The summed E-state index contributed by atoms with van der Waals surface area (Å²) >= 11 is 0. The third-order valence-electron chi connectivity index (χ3n) is 3.60. The molecule has 0 saturated carbocycles. The number of aromatic nitrogens is 2. The lowest BCUT2D eigenvalue weighted by molar-refractivity contribution is 1.16. The van der Waals surface area contributed by atoms with Gasteiger partial charge in [-0.2, -0.15) is 0 Å². The van der Waals surface area contributed by atoms with Crippen molar-refractivity contribution in [2.75, 3.05) is 0 Å². The topological polar surface area (TPSA) is 48.6 Å². The van der Waals surface area contributed by atoms with Crippen molar-refractivity contribution in [3.63, 3.8) is 0 Å². The molecule has 23 heavy (non-hydrogen) atoms. The number of H-pyrrole nitrogens is 2. The summed E-state index contributed by atoms with van der Waals surface area (Å²) in [5.74, 6) is 0. The van der Waals surface area contributed by atoms with Crippen LogP contribution in [0.15, 0.2) is 53.9 Å². The van der Waals surface area contributed by atoms with Crippen molar-refractivity contribution in [1.82, 2.24) is 9.97 Å². The maximum Gasteiger partial charge on any atom is 0.257 e. The second-order valence-electron chi connectivity index (χ2n) is 5.35. The van der Waals surface area contributed by atoms with Crippen molar-refractivity contribution in [3.05, 3.63) is 82.0 Å². The molecule has 0 spiro atoms. The minimum absolute atomic E-state index is 0.101. The molecule has 2 N–H and O–H groups in total. The lowest BCUT2D eigenvalue weighted by Crippen LogP contribution is -2.11. The van der Waals surface area contributed by atoms with E-state index in [1.165, 1.54) is 0 Å². The van der Waals surface area contributed by atoms with Gasteiger partial charge in [0.05, 0.1) is 11.3 Å². The lowest BCUT2D eigenvalue weighted by atomic mass is 10.1. The SMILES string of the molecule is C=C/C=C\c1cc(-c2cc(C)c(/C=C\C=C/C)[nH]c2=O)[nH]c1C. The largest absolute Gasteiger partial charge is 0.358 e. The molecule has 3 nitrogen and oxygen atoms in total. The summed E-state index contributed by atoms with van der Waals surface area (Å²) in [6.07, 6.45) is 13.3. The zero-order valence-corrected chi connectivity index (χ0v) is 13.8. The molecule has 0 atom stereocenters. The van der Waals surface area contributed by atoms with E-state index in [2.05, 4.69) is 16.5 Å². The van der Waals surface area contributed by atoms with Crippen LogP contribution in [0.25, 0.3) is 23.4 Å². The molecule has 2 aromatic rings.